The highest BCUT2D eigenvalue weighted by atomic mass is 16.4. The SMILES string of the molecule is Cc1c(C(=O)O)c(O)cc2cc3ccccc3cc12. The van der Waals surface area contributed by atoms with Crippen LogP contribution in [0.3, 0.4) is 0 Å². The Hall–Kier alpha value is -2.55. The fraction of sp³-hybridized carbons (Fsp3) is 0.0625. The highest BCUT2D eigenvalue weighted by Crippen LogP contribution is 2.32. The molecule has 3 heteroatoms. The van der Waals surface area contributed by atoms with E-state index in [2.05, 4.69) is 0 Å². The number of benzene rings is 3. The van der Waals surface area contributed by atoms with E-state index in [0.717, 1.165) is 21.5 Å². The number of hydrogen-bond donors (Lipinski definition) is 2. The summed E-state index contributed by atoms with van der Waals surface area (Å²) in [5.41, 5.74) is 0.566. The summed E-state index contributed by atoms with van der Waals surface area (Å²) in [4.78, 5) is 11.2. The zero-order valence-corrected chi connectivity index (χ0v) is 10.3. The van der Waals surface area contributed by atoms with Gasteiger partial charge in [0, 0.05) is 0 Å². The van der Waals surface area contributed by atoms with Crippen LogP contribution in [0.2, 0.25) is 0 Å². The van der Waals surface area contributed by atoms with Gasteiger partial charge in [0.15, 0.2) is 0 Å². The number of aromatic carboxylic acids is 1. The smallest absolute Gasteiger partial charge is 0.339 e. The molecule has 0 radical (unpaired) electrons. The molecule has 94 valence electrons. The van der Waals surface area contributed by atoms with Crippen LogP contribution in [0.15, 0.2) is 42.5 Å². The third-order valence-electron chi connectivity index (χ3n) is 3.46. The summed E-state index contributed by atoms with van der Waals surface area (Å²) in [6.07, 6.45) is 0. The first-order chi connectivity index (χ1) is 9.08. The third kappa shape index (κ3) is 1.71. The molecule has 0 aliphatic heterocycles. The van der Waals surface area contributed by atoms with E-state index < -0.39 is 5.97 Å². The van der Waals surface area contributed by atoms with Crippen LogP contribution in [0.25, 0.3) is 21.5 Å². The number of rotatable bonds is 1. The zero-order valence-electron chi connectivity index (χ0n) is 10.3. The van der Waals surface area contributed by atoms with Gasteiger partial charge < -0.3 is 10.2 Å². The number of fused-ring (bicyclic) bond motifs is 2. The Morgan fingerprint density at radius 1 is 1.00 bits per heavy atom. The van der Waals surface area contributed by atoms with E-state index in [1.165, 1.54) is 6.07 Å². The summed E-state index contributed by atoms with van der Waals surface area (Å²) in [5, 5.41) is 22.8. The second-order valence-corrected chi connectivity index (χ2v) is 4.62. The Kier molecular flexibility index (Phi) is 2.42. The lowest BCUT2D eigenvalue weighted by molar-refractivity contribution is 0.0693. The van der Waals surface area contributed by atoms with Gasteiger partial charge in [-0.1, -0.05) is 24.3 Å². The van der Waals surface area contributed by atoms with Crippen molar-refractivity contribution in [3.8, 4) is 5.75 Å². The van der Waals surface area contributed by atoms with Gasteiger partial charge >= 0.3 is 5.97 Å². The van der Waals surface area contributed by atoms with Crippen LogP contribution in [-0.4, -0.2) is 16.2 Å². The minimum Gasteiger partial charge on any atom is -0.507 e. The molecule has 0 amide bonds. The van der Waals surface area contributed by atoms with Crippen molar-refractivity contribution in [1.82, 2.24) is 0 Å². The lowest BCUT2D eigenvalue weighted by Crippen LogP contribution is -2.01. The van der Waals surface area contributed by atoms with Crippen molar-refractivity contribution in [1.29, 1.82) is 0 Å². The highest BCUT2D eigenvalue weighted by Gasteiger charge is 2.16. The maximum absolute atomic E-state index is 11.2. The van der Waals surface area contributed by atoms with Crippen LogP contribution in [0.5, 0.6) is 5.75 Å². The molecule has 3 aromatic carbocycles. The molecule has 0 aliphatic carbocycles. The minimum atomic E-state index is -1.11. The van der Waals surface area contributed by atoms with Crippen LogP contribution in [-0.2, 0) is 0 Å². The van der Waals surface area contributed by atoms with Crippen LogP contribution < -0.4 is 0 Å². The van der Waals surface area contributed by atoms with Crippen molar-refractivity contribution in [2.24, 2.45) is 0 Å². The molecule has 3 aromatic rings. The van der Waals surface area contributed by atoms with E-state index in [1.54, 1.807) is 6.92 Å². The van der Waals surface area contributed by atoms with E-state index in [1.807, 2.05) is 36.4 Å². The number of aromatic hydroxyl groups is 1. The number of carboxylic acid groups (broad SMARTS) is 1. The van der Waals surface area contributed by atoms with Crippen molar-refractivity contribution in [3.63, 3.8) is 0 Å². The maximum Gasteiger partial charge on any atom is 0.339 e. The number of hydrogen-bond acceptors (Lipinski definition) is 2. The maximum atomic E-state index is 11.2. The normalized spacial score (nSPS) is 11.0. The van der Waals surface area contributed by atoms with E-state index in [0.29, 0.717) is 5.56 Å². The Bertz CT molecular complexity index is 819. The fourth-order valence-corrected chi connectivity index (χ4v) is 2.52. The minimum absolute atomic E-state index is 0.0252. The average molecular weight is 252 g/mol. The van der Waals surface area contributed by atoms with Gasteiger partial charge in [-0.3, -0.25) is 0 Å². The molecular formula is C16H12O3. The van der Waals surface area contributed by atoms with Crippen molar-refractivity contribution in [3.05, 3.63) is 53.6 Å². The first kappa shape index (κ1) is 11.5. The molecule has 3 rings (SSSR count). The molecule has 0 fully saturated rings. The summed E-state index contributed by atoms with van der Waals surface area (Å²) >= 11 is 0. The molecule has 0 atom stereocenters. The summed E-state index contributed by atoms with van der Waals surface area (Å²) < 4.78 is 0. The Balaban J connectivity index is 2.48. The Morgan fingerprint density at radius 3 is 2.26 bits per heavy atom. The molecule has 0 aromatic heterocycles. The van der Waals surface area contributed by atoms with Crippen molar-refractivity contribution in [2.45, 2.75) is 6.92 Å². The Labute approximate surface area is 109 Å². The largest absolute Gasteiger partial charge is 0.507 e. The molecule has 0 saturated carbocycles. The van der Waals surface area contributed by atoms with Gasteiger partial charge in [0.25, 0.3) is 0 Å². The number of aryl methyl sites for hydroxylation is 1. The molecule has 3 nitrogen and oxygen atoms in total. The number of phenols is 1. The van der Waals surface area contributed by atoms with Gasteiger partial charge in [-0.15, -0.1) is 0 Å². The van der Waals surface area contributed by atoms with Crippen LogP contribution in [0.4, 0.5) is 0 Å². The average Bonchev–Trinajstić information content (AvgIpc) is 2.36. The summed E-state index contributed by atoms with van der Waals surface area (Å²) in [7, 11) is 0. The predicted molar refractivity (Wildman–Crippen MR) is 74.8 cm³/mol. The molecule has 0 aliphatic rings. The van der Waals surface area contributed by atoms with Crippen molar-refractivity contribution < 1.29 is 15.0 Å². The predicted octanol–water partition coefficient (Wildman–Crippen LogP) is 3.71. The molecule has 19 heavy (non-hydrogen) atoms. The van der Waals surface area contributed by atoms with Crippen LogP contribution >= 0.6 is 0 Å². The van der Waals surface area contributed by atoms with Gasteiger partial charge in [-0.25, -0.2) is 4.79 Å². The van der Waals surface area contributed by atoms with E-state index in [4.69, 9.17) is 5.11 Å². The van der Waals surface area contributed by atoms with Crippen LogP contribution in [0, 0.1) is 6.92 Å². The standard InChI is InChI=1S/C16H12O3/c1-9-13-7-11-5-3-2-4-10(11)6-12(13)8-14(17)15(9)16(18)19/h2-8,17H,1H3,(H,18,19). The van der Waals surface area contributed by atoms with Gasteiger partial charge in [0.05, 0.1) is 0 Å². The summed E-state index contributed by atoms with van der Waals surface area (Å²) in [6, 6.07) is 13.3. The third-order valence-corrected chi connectivity index (χ3v) is 3.46. The van der Waals surface area contributed by atoms with Crippen LogP contribution in [0.1, 0.15) is 15.9 Å². The molecule has 0 unspecified atom stereocenters. The molecule has 0 saturated heterocycles. The van der Waals surface area contributed by atoms with Gasteiger partial charge in [0.2, 0.25) is 0 Å². The number of carbonyl (C=O) groups is 1. The molecule has 0 heterocycles. The van der Waals surface area contributed by atoms with Crippen molar-refractivity contribution >= 4 is 27.5 Å². The first-order valence-electron chi connectivity index (χ1n) is 5.96. The monoisotopic (exact) mass is 252 g/mol. The van der Waals surface area contributed by atoms with Crippen molar-refractivity contribution in [2.75, 3.05) is 0 Å². The van der Waals surface area contributed by atoms with Gasteiger partial charge in [-0.2, -0.15) is 0 Å². The lowest BCUT2D eigenvalue weighted by Gasteiger charge is -2.10. The fourth-order valence-electron chi connectivity index (χ4n) is 2.52. The summed E-state index contributed by atoms with van der Waals surface area (Å²) in [6.45, 7) is 1.72. The number of carboxylic acids is 1. The zero-order chi connectivity index (χ0) is 13.6. The highest BCUT2D eigenvalue weighted by molar-refractivity contribution is 6.05. The molecule has 0 bridgehead atoms. The van der Waals surface area contributed by atoms with E-state index in [-0.39, 0.29) is 11.3 Å². The Morgan fingerprint density at radius 2 is 1.63 bits per heavy atom. The quantitative estimate of drug-likeness (QED) is 0.649. The summed E-state index contributed by atoms with van der Waals surface area (Å²) in [5.74, 6) is -1.29. The second-order valence-electron chi connectivity index (χ2n) is 4.62. The van der Waals surface area contributed by atoms with E-state index >= 15 is 0 Å². The lowest BCUT2D eigenvalue weighted by atomic mass is 9.96. The molecule has 2 N–H and O–H groups in total. The first-order valence-corrected chi connectivity index (χ1v) is 5.96. The molecular weight excluding hydrogens is 240 g/mol. The topological polar surface area (TPSA) is 57.5 Å². The second kappa shape index (κ2) is 3.99. The molecule has 0 spiro atoms. The van der Waals surface area contributed by atoms with E-state index in [9.17, 15) is 9.90 Å². The van der Waals surface area contributed by atoms with Gasteiger partial charge in [0.1, 0.15) is 11.3 Å². The van der Waals surface area contributed by atoms with Gasteiger partial charge in [-0.05, 0) is 52.2 Å².